The van der Waals surface area contributed by atoms with E-state index in [1.165, 1.54) is 10.8 Å². The van der Waals surface area contributed by atoms with Crippen LogP contribution in [0.15, 0.2) is 41.8 Å². The topological polar surface area (TPSA) is 75.5 Å². The van der Waals surface area contributed by atoms with Crippen molar-refractivity contribution in [2.45, 2.75) is 10.4 Å². The molecule has 3 rings (SSSR count). The molecule has 1 aromatic heterocycles. The van der Waals surface area contributed by atoms with Gasteiger partial charge >= 0.3 is 0 Å². The second-order valence-electron chi connectivity index (χ2n) is 6.14. The molecule has 0 spiro atoms. The fraction of sp³-hybridized carbons (Fsp3) is 0.375. The van der Waals surface area contributed by atoms with Gasteiger partial charge in [-0.3, -0.25) is 4.79 Å². The van der Waals surface area contributed by atoms with E-state index in [4.69, 9.17) is 0 Å². The van der Waals surface area contributed by atoms with E-state index in [-0.39, 0.29) is 24.2 Å². The van der Waals surface area contributed by atoms with E-state index in [1.807, 2.05) is 37.2 Å². The average Bonchev–Trinajstić information content (AvgIpc) is 2.92. The number of aromatic nitrogens is 2. The lowest BCUT2D eigenvalue weighted by Gasteiger charge is -2.38. The van der Waals surface area contributed by atoms with Gasteiger partial charge in [0.25, 0.3) is 5.91 Å². The molecular weight excluding hydrogens is 328 g/mol. The first-order valence-corrected chi connectivity index (χ1v) is 9.13. The third-order valence-electron chi connectivity index (χ3n) is 4.22. The van der Waals surface area contributed by atoms with Crippen LogP contribution in [0.1, 0.15) is 10.4 Å². The lowest BCUT2D eigenvalue weighted by molar-refractivity contribution is 0.0658. The van der Waals surface area contributed by atoms with Crippen LogP contribution < -0.4 is 4.90 Å². The summed E-state index contributed by atoms with van der Waals surface area (Å²) >= 11 is 0. The maximum absolute atomic E-state index is 12.5. The molecule has 1 saturated heterocycles. The molecule has 1 aliphatic rings. The molecule has 1 aliphatic heterocycles. The molecule has 1 aromatic carbocycles. The van der Waals surface area contributed by atoms with Gasteiger partial charge in [0.2, 0.25) is 15.0 Å². The molecule has 0 aliphatic carbocycles. The predicted molar refractivity (Wildman–Crippen MR) is 90.9 cm³/mol. The highest BCUT2D eigenvalue weighted by Crippen LogP contribution is 2.25. The number of amides is 1. The van der Waals surface area contributed by atoms with E-state index < -0.39 is 15.1 Å². The number of aryl methyl sites for hydroxylation is 1. The van der Waals surface area contributed by atoms with Crippen LogP contribution in [-0.4, -0.2) is 61.2 Å². The lowest BCUT2D eigenvalue weighted by atomic mass is 10.1. The van der Waals surface area contributed by atoms with E-state index in [0.29, 0.717) is 5.56 Å². The van der Waals surface area contributed by atoms with Gasteiger partial charge in [-0.1, -0.05) is 6.07 Å². The van der Waals surface area contributed by atoms with E-state index in [1.54, 1.807) is 24.2 Å². The standard InChI is InChI=1S/C16H20N4O3S/c1-18(2)13-6-4-5-12(9-13)15(21)20-10-14(11-20)24(22,23)16-17-7-8-19(16)3/h4-9,14H,10-11H2,1-3H3. The summed E-state index contributed by atoms with van der Waals surface area (Å²) in [5.74, 6) is -0.148. The van der Waals surface area contributed by atoms with Crippen molar-refractivity contribution in [3.8, 4) is 0 Å². The Bertz CT molecular complexity index is 867. The van der Waals surface area contributed by atoms with Gasteiger partial charge in [0.15, 0.2) is 0 Å². The van der Waals surface area contributed by atoms with Gasteiger partial charge < -0.3 is 14.4 Å². The largest absolute Gasteiger partial charge is 0.378 e. The van der Waals surface area contributed by atoms with Crippen molar-refractivity contribution in [3.63, 3.8) is 0 Å². The summed E-state index contributed by atoms with van der Waals surface area (Å²) in [6, 6.07) is 7.30. The molecule has 0 unspecified atom stereocenters. The number of imidazole rings is 1. The highest BCUT2D eigenvalue weighted by molar-refractivity contribution is 7.92. The zero-order valence-corrected chi connectivity index (χ0v) is 14.7. The fourth-order valence-electron chi connectivity index (χ4n) is 2.68. The molecule has 2 heterocycles. The minimum atomic E-state index is -3.51. The van der Waals surface area contributed by atoms with Crippen LogP contribution in [0, 0.1) is 0 Å². The van der Waals surface area contributed by atoms with E-state index in [0.717, 1.165) is 5.69 Å². The molecule has 2 aromatic rings. The smallest absolute Gasteiger partial charge is 0.254 e. The zero-order valence-electron chi connectivity index (χ0n) is 13.9. The number of benzene rings is 1. The van der Waals surface area contributed by atoms with Crippen LogP contribution in [0.5, 0.6) is 0 Å². The van der Waals surface area contributed by atoms with Crippen LogP contribution in [0.3, 0.4) is 0 Å². The Kier molecular flexibility index (Phi) is 4.08. The third kappa shape index (κ3) is 2.77. The van der Waals surface area contributed by atoms with E-state index in [9.17, 15) is 13.2 Å². The van der Waals surface area contributed by atoms with Gasteiger partial charge in [-0.2, -0.15) is 0 Å². The fourth-order valence-corrected chi connectivity index (χ4v) is 4.40. The van der Waals surface area contributed by atoms with Crippen molar-refractivity contribution in [2.75, 3.05) is 32.1 Å². The maximum atomic E-state index is 12.5. The van der Waals surface area contributed by atoms with E-state index in [2.05, 4.69) is 4.98 Å². The Hall–Kier alpha value is -2.35. The number of hydrogen-bond donors (Lipinski definition) is 0. The van der Waals surface area contributed by atoms with Crippen molar-refractivity contribution >= 4 is 21.4 Å². The van der Waals surface area contributed by atoms with Crippen LogP contribution in [0.2, 0.25) is 0 Å². The van der Waals surface area contributed by atoms with Crippen molar-refractivity contribution in [3.05, 3.63) is 42.2 Å². The first kappa shape index (κ1) is 16.5. The third-order valence-corrected chi connectivity index (χ3v) is 6.29. The van der Waals surface area contributed by atoms with Crippen molar-refractivity contribution in [1.29, 1.82) is 0 Å². The van der Waals surface area contributed by atoms with Crippen LogP contribution in [0.4, 0.5) is 5.69 Å². The number of carbonyl (C=O) groups excluding carboxylic acids is 1. The van der Waals surface area contributed by atoms with Gasteiger partial charge in [0.05, 0.1) is 0 Å². The number of sulfone groups is 1. The molecule has 0 bridgehead atoms. The van der Waals surface area contributed by atoms with Gasteiger partial charge in [0, 0.05) is 57.9 Å². The molecule has 128 valence electrons. The Morgan fingerprint density at radius 1 is 1.29 bits per heavy atom. The van der Waals surface area contributed by atoms with Crippen molar-refractivity contribution in [1.82, 2.24) is 14.5 Å². The maximum Gasteiger partial charge on any atom is 0.254 e. The monoisotopic (exact) mass is 348 g/mol. The molecule has 0 radical (unpaired) electrons. The highest BCUT2D eigenvalue weighted by atomic mass is 32.2. The van der Waals surface area contributed by atoms with Crippen molar-refractivity contribution < 1.29 is 13.2 Å². The minimum Gasteiger partial charge on any atom is -0.378 e. The van der Waals surface area contributed by atoms with Gasteiger partial charge in [-0.25, -0.2) is 13.4 Å². The van der Waals surface area contributed by atoms with Crippen LogP contribution >= 0.6 is 0 Å². The first-order valence-electron chi connectivity index (χ1n) is 7.58. The number of rotatable bonds is 4. The molecule has 1 amide bonds. The minimum absolute atomic E-state index is 0.0502. The van der Waals surface area contributed by atoms with Crippen molar-refractivity contribution in [2.24, 2.45) is 7.05 Å². The summed E-state index contributed by atoms with van der Waals surface area (Å²) in [6.45, 7) is 0.389. The summed E-state index contributed by atoms with van der Waals surface area (Å²) in [5.41, 5.74) is 1.49. The summed E-state index contributed by atoms with van der Waals surface area (Å²) < 4.78 is 26.5. The zero-order chi connectivity index (χ0) is 17.5. The van der Waals surface area contributed by atoms with Crippen LogP contribution in [0.25, 0.3) is 0 Å². The predicted octanol–water partition coefficient (Wildman–Crippen LogP) is 0.784. The number of hydrogen-bond acceptors (Lipinski definition) is 5. The second kappa shape index (κ2) is 5.94. The summed E-state index contributed by atoms with van der Waals surface area (Å²) in [4.78, 5) is 19.9. The average molecular weight is 348 g/mol. The molecule has 0 saturated carbocycles. The summed E-state index contributed by atoms with van der Waals surface area (Å²) in [7, 11) is 1.95. The number of carbonyl (C=O) groups is 1. The Morgan fingerprint density at radius 2 is 2.00 bits per heavy atom. The number of anilines is 1. The molecule has 0 atom stereocenters. The van der Waals surface area contributed by atoms with Gasteiger partial charge in [-0.05, 0) is 18.2 Å². The summed E-state index contributed by atoms with van der Waals surface area (Å²) in [5, 5.41) is -0.547. The molecular formula is C16H20N4O3S. The first-order chi connectivity index (χ1) is 11.3. The highest BCUT2D eigenvalue weighted by Gasteiger charge is 2.42. The number of nitrogens with zero attached hydrogens (tertiary/aromatic N) is 4. The molecule has 8 heteroatoms. The second-order valence-corrected chi connectivity index (χ2v) is 8.26. The Labute approximate surface area is 141 Å². The van der Waals surface area contributed by atoms with Gasteiger partial charge in [-0.15, -0.1) is 0 Å². The quantitative estimate of drug-likeness (QED) is 0.816. The molecule has 24 heavy (non-hydrogen) atoms. The SMILES string of the molecule is CN(C)c1cccc(C(=O)N2CC(S(=O)(=O)c3nccn3C)C2)c1. The van der Waals surface area contributed by atoms with E-state index >= 15 is 0 Å². The molecule has 0 N–H and O–H groups in total. The lowest BCUT2D eigenvalue weighted by Crippen LogP contribution is -2.57. The normalized spacial score (nSPS) is 15.2. The summed E-state index contributed by atoms with van der Waals surface area (Å²) in [6.07, 6.45) is 3.06. The Balaban J connectivity index is 1.72. The van der Waals surface area contributed by atoms with Gasteiger partial charge in [0.1, 0.15) is 5.25 Å². The molecule has 7 nitrogen and oxygen atoms in total. The number of likely N-dealkylation sites (tertiary alicyclic amines) is 1. The van der Waals surface area contributed by atoms with Crippen LogP contribution in [-0.2, 0) is 16.9 Å². The Morgan fingerprint density at radius 3 is 2.58 bits per heavy atom. The molecule has 1 fully saturated rings.